The van der Waals surface area contributed by atoms with Crippen LogP contribution >= 0.6 is 0 Å². The van der Waals surface area contributed by atoms with Crippen LogP contribution in [0.5, 0.6) is 11.8 Å². The third kappa shape index (κ3) is 1.09. The van der Waals surface area contributed by atoms with Crippen molar-refractivity contribution in [3.05, 3.63) is 11.1 Å². The van der Waals surface area contributed by atoms with Gasteiger partial charge >= 0.3 is 0 Å². The molecule has 5 nitrogen and oxygen atoms in total. The van der Waals surface area contributed by atoms with Crippen LogP contribution in [0.15, 0.2) is 0 Å². The Balaban J connectivity index is 2.68. The minimum absolute atomic E-state index is 0.0648. The topological polar surface area (TPSA) is 90.4 Å². The Morgan fingerprint density at radius 2 is 1.36 bits per heavy atom. The average molecular weight is 195 g/mol. The third-order valence-corrected chi connectivity index (χ3v) is 2.33. The van der Waals surface area contributed by atoms with E-state index in [0.717, 1.165) is 0 Å². The van der Waals surface area contributed by atoms with Crippen LogP contribution in [0, 0.1) is 0 Å². The molecule has 0 unspecified atom stereocenters. The van der Waals surface area contributed by atoms with Gasteiger partial charge in [-0.3, -0.25) is 14.6 Å². The summed E-state index contributed by atoms with van der Waals surface area (Å²) in [6.07, 6.45) is 0.915. The number of Topliss-reactive ketones (excluding diaryl/α,β-unsaturated/α-hetero) is 2. The second-order valence-electron chi connectivity index (χ2n) is 3.27. The Bertz CT molecular complexity index is 382. The van der Waals surface area contributed by atoms with Crippen LogP contribution in [0.25, 0.3) is 0 Å². The van der Waals surface area contributed by atoms with Gasteiger partial charge in [-0.2, -0.15) is 0 Å². The van der Waals surface area contributed by atoms with Gasteiger partial charge in [0.2, 0.25) is 11.8 Å². The SMILES string of the molecule is O=C1CCCC(=O)c2c(O)[nH]c(O)c21. The Morgan fingerprint density at radius 3 is 1.79 bits per heavy atom. The molecule has 3 N–H and O–H groups in total. The molecule has 0 spiro atoms. The fraction of sp³-hybridized carbons (Fsp3) is 0.333. The van der Waals surface area contributed by atoms with Gasteiger partial charge in [-0.15, -0.1) is 0 Å². The minimum Gasteiger partial charge on any atom is -0.494 e. The van der Waals surface area contributed by atoms with E-state index in [1.165, 1.54) is 0 Å². The molecule has 0 saturated carbocycles. The molecular weight excluding hydrogens is 186 g/mol. The molecule has 14 heavy (non-hydrogen) atoms. The Labute approximate surface area is 79.4 Å². The van der Waals surface area contributed by atoms with E-state index >= 15 is 0 Å². The van der Waals surface area contributed by atoms with Crippen molar-refractivity contribution in [2.75, 3.05) is 0 Å². The summed E-state index contributed by atoms with van der Waals surface area (Å²) < 4.78 is 0. The van der Waals surface area contributed by atoms with Crippen molar-refractivity contribution in [2.45, 2.75) is 19.3 Å². The molecule has 74 valence electrons. The molecule has 1 aromatic heterocycles. The highest BCUT2D eigenvalue weighted by Crippen LogP contribution is 2.33. The van der Waals surface area contributed by atoms with Gasteiger partial charge in [-0.1, -0.05) is 0 Å². The lowest BCUT2D eigenvalue weighted by Gasteiger charge is -1.95. The fourth-order valence-electron chi connectivity index (χ4n) is 1.68. The molecule has 0 atom stereocenters. The van der Waals surface area contributed by atoms with E-state index in [4.69, 9.17) is 0 Å². The van der Waals surface area contributed by atoms with Gasteiger partial charge in [-0.05, 0) is 6.42 Å². The van der Waals surface area contributed by atoms with E-state index in [2.05, 4.69) is 4.98 Å². The molecule has 0 bridgehead atoms. The van der Waals surface area contributed by atoms with Crippen LogP contribution in [0.3, 0.4) is 0 Å². The minimum atomic E-state index is -0.419. The first-order valence-electron chi connectivity index (χ1n) is 4.31. The van der Waals surface area contributed by atoms with Gasteiger partial charge in [0.05, 0.1) is 11.1 Å². The number of ketones is 2. The number of hydrogen-bond acceptors (Lipinski definition) is 4. The van der Waals surface area contributed by atoms with Crippen molar-refractivity contribution >= 4 is 11.6 Å². The lowest BCUT2D eigenvalue weighted by molar-refractivity contribution is 0.0978. The standard InChI is InChI=1S/C9H9NO4/c11-4-2-1-3-5(12)7-6(4)8(13)10-9(7)14/h10,13-14H,1-3H2. The number of H-pyrrole nitrogens is 1. The summed E-state index contributed by atoms with van der Waals surface area (Å²) in [6, 6.07) is 0. The number of aromatic hydroxyl groups is 2. The van der Waals surface area contributed by atoms with Crippen LogP contribution < -0.4 is 0 Å². The highest BCUT2D eigenvalue weighted by atomic mass is 16.3. The molecule has 0 fully saturated rings. The zero-order valence-electron chi connectivity index (χ0n) is 7.33. The fourth-order valence-corrected chi connectivity index (χ4v) is 1.68. The van der Waals surface area contributed by atoms with Crippen LogP contribution in [0.4, 0.5) is 0 Å². The lowest BCUT2D eigenvalue weighted by Crippen LogP contribution is -2.00. The number of fused-ring (bicyclic) bond motifs is 1. The number of hydrogen-bond donors (Lipinski definition) is 3. The maximum Gasteiger partial charge on any atom is 0.203 e. The largest absolute Gasteiger partial charge is 0.494 e. The molecule has 0 aliphatic heterocycles. The summed E-state index contributed by atoms with van der Waals surface area (Å²) >= 11 is 0. The summed E-state index contributed by atoms with van der Waals surface area (Å²) in [6.45, 7) is 0. The summed E-state index contributed by atoms with van der Waals surface area (Å²) in [4.78, 5) is 25.1. The van der Waals surface area contributed by atoms with Crippen molar-refractivity contribution in [1.29, 1.82) is 0 Å². The highest BCUT2D eigenvalue weighted by Gasteiger charge is 2.29. The number of carbonyl (C=O) groups is 2. The number of aromatic amines is 1. The van der Waals surface area contributed by atoms with E-state index in [1.54, 1.807) is 0 Å². The number of nitrogens with one attached hydrogen (secondary N) is 1. The van der Waals surface area contributed by atoms with Crippen LogP contribution in [0.2, 0.25) is 0 Å². The van der Waals surface area contributed by atoms with E-state index < -0.39 is 11.8 Å². The van der Waals surface area contributed by atoms with Crippen molar-refractivity contribution in [3.8, 4) is 11.8 Å². The molecule has 1 aliphatic carbocycles. The summed E-state index contributed by atoms with van der Waals surface area (Å²) in [5, 5.41) is 18.6. The molecule has 0 amide bonds. The third-order valence-electron chi connectivity index (χ3n) is 2.33. The Kier molecular flexibility index (Phi) is 1.80. The van der Waals surface area contributed by atoms with Crippen LogP contribution in [-0.4, -0.2) is 26.8 Å². The van der Waals surface area contributed by atoms with Gasteiger partial charge in [0.1, 0.15) is 0 Å². The molecule has 2 rings (SSSR count). The Morgan fingerprint density at radius 1 is 0.929 bits per heavy atom. The maximum absolute atomic E-state index is 11.4. The molecule has 1 aromatic rings. The summed E-state index contributed by atoms with van der Waals surface area (Å²) in [7, 11) is 0. The monoisotopic (exact) mass is 195 g/mol. The quantitative estimate of drug-likeness (QED) is 0.538. The lowest BCUT2D eigenvalue weighted by atomic mass is 10.1. The van der Waals surface area contributed by atoms with Crippen LogP contribution in [-0.2, 0) is 0 Å². The van der Waals surface area contributed by atoms with Gasteiger partial charge < -0.3 is 10.2 Å². The van der Waals surface area contributed by atoms with E-state index in [-0.39, 0.29) is 35.5 Å². The smallest absolute Gasteiger partial charge is 0.203 e. The average Bonchev–Trinajstić information content (AvgIpc) is 2.30. The van der Waals surface area contributed by atoms with Crippen molar-refractivity contribution < 1.29 is 19.8 Å². The van der Waals surface area contributed by atoms with E-state index in [9.17, 15) is 19.8 Å². The van der Waals surface area contributed by atoms with Gasteiger partial charge in [0.15, 0.2) is 11.6 Å². The number of aromatic nitrogens is 1. The molecule has 1 heterocycles. The second-order valence-corrected chi connectivity index (χ2v) is 3.27. The molecule has 0 radical (unpaired) electrons. The molecule has 5 heteroatoms. The van der Waals surface area contributed by atoms with Crippen molar-refractivity contribution in [1.82, 2.24) is 4.98 Å². The number of carbonyl (C=O) groups excluding carboxylic acids is 2. The Hall–Kier alpha value is -1.78. The zero-order valence-corrected chi connectivity index (χ0v) is 7.33. The van der Waals surface area contributed by atoms with Crippen molar-refractivity contribution in [2.24, 2.45) is 0 Å². The van der Waals surface area contributed by atoms with Crippen LogP contribution in [0.1, 0.15) is 40.0 Å². The van der Waals surface area contributed by atoms with Crippen molar-refractivity contribution in [3.63, 3.8) is 0 Å². The van der Waals surface area contributed by atoms with Gasteiger partial charge in [0.25, 0.3) is 0 Å². The first-order chi connectivity index (χ1) is 6.61. The van der Waals surface area contributed by atoms with E-state index in [0.29, 0.717) is 6.42 Å². The first kappa shape index (κ1) is 8.80. The highest BCUT2D eigenvalue weighted by molar-refractivity contribution is 6.13. The molecule has 0 aromatic carbocycles. The maximum atomic E-state index is 11.4. The molecule has 0 saturated heterocycles. The normalized spacial score (nSPS) is 16.6. The molecular formula is C9H9NO4. The predicted octanol–water partition coefficient (Wildman–Crippen LogP) is 0.975. The second kappa shape index (κ2) is 2.87. The summed E-state index contributed by atoms with van der Waals surface area (Å²) in [5.74, 6) is -1.45. The van der Waals surface area contributed by atoms with Gasteiger partial charge in [-0.25, -0.2) is 0 Å². The zero-order chi connectivity index (χ0) is 10.3. The van der Waals surface area contributed by atoms with E-state index in [1.807, 2.05) is 0 Å². The molecule has 1 aliphatic rings. The predicted molar refractivity (Wildman–Crippen MR) is 46.6 cm³/mol. The summed E-state index contributed by atoms with van der Waals surface area (Å²) in [5.41, 5.74) is -0.130. The number of rotatable bonds is 0. The first-order valence-corrected chi connectivity index (χ1v) is 4.31. The van der Waals surface area contributed by atoms with Gasteiger partial charge in [0, 0.05) is 12.8 Å².